The minimum atomic E-state index is -0.693. The Morgan fingerprint density at radius 2 is 2.00 bits per heavy atom. The first-order chi connectivity index (χ1) is 17.8. The second kappa shape index (κ2) is 10.4. The van der Waals surface area contributed by atoms with Crippen LogP contribution in [0.4, 0.5) is 5.00 Å². The molecule has 5 rings (SSSR count). The molecule has 2 aliphatic rings. The number of fused-ring (bicyclic) bond motifs is 1. The third-order valence-corrected chi connectivity index (χ3v) is 8.97. The maximum atomic E-state index is 13.3. The lowest BCUT2D eigenvalue weighted by atomic mass is 10.1. The SMILES string of the molecule is Cc1c(C#CC2=CN(C)N(C)C2)sc2c1SC[C@H](NC(=O)c1n[nH]c(Cc3ccccc3)n1)C(=O)N2C. The van der Waals surface area contributed by atoms with E-state index in [1.54, 1.807) is 23.7 Å². The fraction of sp³-hybridized carbons (Fsp3) is 0.308. The van der Waals surface area contributed by atoms with Crippen LogP contribution in [-0.4, -0.2) is 76.5 Å². The van der Waals surface area contributed by atoms with Gasteiger partial charge in [-0.15, -0.1) is 28.2 Å². The van der Waals surface area contributed by atoms with Crippen molar-refractivity contribution in [1.82, 2.24) is 30.5 Å². The molecule has 0 saturated heterocycles. The highest BCUT2D eigenvalue weighted by Gasteiger charge is 2.33. The van der Waals surface area contributed by atoms with E-state index in [0.29, 0.717) is 18.0 Å². The molecule has 0 saturated carbocycles. The van der Waals surface area contributed by atoms with Crippen molar-refractivity contribution in [3.05, 3.63) is 69.8 Å². The van der Waals surface area contributed by atoms with Crippen LogP contribution >= 0.6 is 23.1 Å². The van der Waals surface area contributed by atoms with Crippen molar-refractivity contribution < 1.29 is 9.59 Å². The number of carbonyl (C=O) groups is 2. The fourth-order valence-electron chi connectivity index (χ4n) is 4.09. The maximum Gasteiger partial charge on any atom is 0.291 e. The number of carbonyl (C=O) groups excluding carboxylic acids is 2. The van der Waals surface area contributed by atoms with E-state index >= 15 is 0 Å². The van der Waals surface area contributed by atoms with Crippen molar-refractivity contribution in [2.45, 2.75) is 24.3 Å². The number of likely N-dealkylation sites (N-methyl/N-ethyl adjacent to an activating group) is 2. The van der Waals surface area contributed by atoms with E-state index in [4.69, 9.17) is 0 Å². The number of aromatic nitrogens is 3. The number of aromatic amines is 1. The summed E-state index contributed by atoms with van der Waals surface area (Å²) < 4.78 is 0. The standard InChI is InChI=1S/C26H27N7O2S2/c1-16-20(11-10-18-13-31(2)32(3)14-18)37-26-22(16)36-15-19(25(35)33(26)4)27-24(34)23-28-21(29-30-23)12-17-8-6-5-7-9-17/h5-9,13,19H,12,14-15H2,1-4H3,(H,27,34)(H,28,29,30)/t19-/m0/s1. The molecule has 0 bridgehead atoms. The lowest BCUT2D eigenvalue weighted by Gasteiger charge is -2.19. The van der Waals surface area contributed by atoms with E-state index in [1.165, 1.54) is 11.3 Å². The van der Waals surface area contributed by atoms with Crippen molar-refractivity contribution in [3.8, 4) is 11.8 Å². The predicted molar refractivity (Wildman–Crippen MR) is 145 cm³/mol. The van der Waals surface area contributed by atoms with Crippen molar-refractivity contribution in [1.29, 1.82) is 0 Å². The van der Waals surface area contributed by atoms with Gasteiger partial charge in [-0.05, 0) is 18.1 Å². The summed E-state index contributed by atoms with van der Waals surface area (Å²) in [5.74, 6) is 6.94. The second-order valence-electron chi connectivity index (χ2n) is 8.99. The third kappa shape index (κ3) is 5.27. The number of nitrogens with zero attached hydrogens (tertiary/aromatic N) is 5. The molecule has 0 fully saturated rings. The summed E-state index contributed by atoms with van der Waals surface area (Å²) in [5, 5.41) is 14.7. The van der Waals surface area contributed by atoms with Crippen molar-refractivity contribution in [3.63, 3.8) is 0 Å². The van der Waals surface area contributed by atoms with Crippen LogP contribution in [0, 0.1) is 18.8 Å². The van der Waals surface area contributed by atoms with Gasteiger partial charge >= 0.3 is 0 Å². The van der Waals surface area contributed by atoms with Gasteiger partial charge in [-0.25, -0.2) is 9.99 Å². The van der Waals surface area contributed by atoms with Gasteiger partial charge in [0.25, 0.3) is 11.8 Å². The number of hydrazine groups is 1. The number of amides is 2. The van der Waals surface area contributed by atoms with Gasteiger partial charge in [-0.2, -0.15) is 0 Å². The van der Waals surface area contributed by atoms with Gasteiger partial charge in [0.05, 0.1) is 11.4 Å². The van der Waals surface area contributed by atoms with Crippen LogP contribution in [0.2, 0.25) is 0 Å². The molecule has 0 unspecified atom stereocenters. The summed E-state index contributed by atoms with van der Waals surface area (Å²) >= 11 is 3.07. The lowest BCUT2D eigenvalue weighted by Crippen LogP contribution is -2.48. The van der Waals surface area contributed by atoms with Crippen molar-refractivity contribution >= 4 is 39.9 Å². The van der Waals surface area contributed by atoms with E-state index in [2.05, 4.69) is 37.3 Å². The molecule has 1 atom stereocenters. The van der Waals surface area contributed by atoms with Gasteiger partial charge in [-0.3, -0.25) is 14.7 Å². The third-order valence-electron chi connectivity index (χ3n) is 6.27. The summed E-state index contributed by atoms with van der Waals surface area (Å²) in [6, 6.07) is 9.13. The zero-order valence-corrected chi connectivity index (χ0v) is 22.7. The average molecular weight is 534 g/mol. The number of nitrogens with one attached hydrogen (secondary N) is 2. The normalized spacial score (nSPS) is 17.7. The zero-order valence-electron chi connectivity index (χ0n) is 21.0. The van der Waals surface area contributed by atoms with Crippen molar-refractivity contribution in [2.75, 3.05) is 38.3 Å². The molecule has 4 heterocycles. The van der Waals surface area contributed by atoms with Crippen LogP contribution in [0.3, 0.4) is 0 Å². The Balaban J connectivity index is 1.27. The smallest absolute Gasteiger partial charge is 0.291 e. The van der Waals surface area contributed by atoms with Crippen LogP contribution in [0.1, 0.15) is 32.4 Å². The van der Waals surface area contributed by atoms with E-state index in [1.807, 2.05) is 62.6 Å². The number of anilines is 1. The quantitative estimate of drug-likeness (QED) is 0.498. The van der Waals surface area contributed by atoms with Gasteiger partial charge in [0.1, 0.15) is 16.9 Å². The van der Waals surface area contributed by atoms with Crippen LogP contribution in [0.5, 0.6) is 0 Å². The molecule has 2 aliphatic heterocycles. The molecule has 190 valence electrons. The number of hydrogen-bond acceptors (Lipinski definition) is 8. The Kier molecular flexibility index (Phi) is 7.06. The molecule has 2 amide bonds. The van der Waals surface area contributed by atoms with Gasteiger partial charge in [-0.1, -0.05) is 42.2 Å². The first kappa shape index (κ1) is 25.1. The first-order valence-corrected chi connectivity index (χ1v) is 13.6. The summed E-state index contributed by atoms with van der Waals surface area (Å²) in [6.07, 6.45) is 2.56. The highest BCUT2D eigenvalue weighted by molar-refractivity contribution is 7.99. The Morgan fingerprint density at radius 1 is 1.22 bits per heavy atom. The lowest BCUT2D eigenvalue weighted by molar-refractivity contribution is -0.119. The van der Waals surface area contributed by atoms with Crippen LogP contribution in [0.15, 0.2) is 47.0 Å². The molecule has 1 aromatic carbocycles. The van der Waals surface area contributed by atoms with Gasteiger partial charge in [0.2, 0.25) is 5.82 Å². The molecule has 2 N–H and O–H groups in total. The van der Waals surface area contributed by atoms with Gasteiger partial charge < -0.3 is 15.2 Å². The zero-order chi connectivity index (χ0) is 26.1. The summed E-state index contributed by atoms with van der Waals surface area (Å²) in [5.41, 5.74) is 3.17. The minimum absolute atomic E-state index is 0.0247. The summed E-state index contributed by atoms with van der Waals surface area (Å²) in [4.78, 5) is 34.1. The van der Waals surface area contributed by atoms with Crippen LogP contribution in [-0.2, 0) is 11.2 Å². The molecule has 11 heteroatoms. The van der Waals surface area contributed by atoms with Crippen LogP contribution < -0.4 is 10.2 Å². The number of H-pyrrole nitrogens is 1. The molecule has 0 aliphatic carbocycles. The first-order valence-electron chi connectivity index (χ1n) is 11.8. The Bertz CT molecular complexity index is 1430. The largest absolute Gasteiger partial charge is 0.337 e. The Hall–Kier alpha value is -3.59. The molecule has 9 nitrogen and oxygen atoms in total. The summed E-state index contributed by atoms with van der Waals surface area (Å²) in [7, 11) is 5.75. The topological polar surface area (TPSA) is 97.5 Å². The van der Waals surface area contributed by atoms with E-state index in [-0.39, 0.29) is 11.7 Å². The Labute approximate surface area is 223 Å². The molecule has 0 spiro atoms. The number of hydrogen-bond donors (Lipinski definition) is 2. The van der Waals surface area contributed by atoms with E-state index in [0.717, 1.165) is 38.0 Å². The molecule has 2 aromatic heterocycles. The second-order valence-corrected chi connectivity index (χ2v) is 11.0. The van der Waals surface area contributed by atoms with Gasteiger partial charge in [0.15, 0.2) is 0 Å². The summed E-state index contributed by atoms with van der Waals surface area (Å²) in [6.45, 7) is 2.81. The molecule has 0 radical (unpaired) electrons. The molecular formula is C26H27N7O2S2. The Morgan fingerprint density at radius 3 is 2.73 bits per heavy atom. The number of thioether (sulfide) groups is 1. The van der Waals surface area contributed by atoms with Gasteiger partial charge in [0, 0.05) is 50.0 Å². The minimum Gasteiger partial charge on any atom is -0.337 e. The number of rotatable bonds is 4. The fourth-order valence-corrected chi connectivity index (χ4v) is 6.62. The van der Waals surface area contributed by atoms with E-state index < -0.39 is 11.9 Å². The maximum absolute atomic E-state index is 13.3. The number of thiophene rings is 1. The van der Waals surface area contributed by atoms with Crippen LogP contribution in [0.25, 0.3) is 0 Å². The monoisotopic (exact) mass is 533 g/mol. The van der Waals surface area contributed by atoms with E-state index in [9.17, 15) is 9.59 Å². The van der Waals surface area contributed by atoms with Crippen molar-refractivity contribution in [2.24, 2.45) is 0 Å². The highest BCUT2D eigenvalue weighted by Crippen LogP contribution is 2.44. The highest BCUT2D eigenvalue weighted by atomic mass is 32.2. The average Bonchev–Trinajstić information content (AvgIpc) is 3.55. The predicted octanol–water partition coefficient (Wildman–Crippen LogP) is 2.66. The molecular weight excluding hydrogens is 506 g/mol. The molecule has 37 heavy (non-hydrogen) atoms. The number of benzene rings is 1. The molecule has 3 aromatic rings.